The Hall–Kier alpha value is -1.82. The third-order valence-corrected chi connectivity index (χ3v) is 4.66. The maximum Gasteiger partial charge on any atom is -0.00770 e. The molecule has 2 rings (SSSR count). The van der Waals surface area contributed by atoms with Crippen LogP contribution in [0.1, 0.15) is 50.7 Å². The molecule has 1 atom stereocenters. The van der Waals surface area contributed by atoms with Crippen LogP contribution in [0.2, 0.25) is 0 Å². The van der Waals surface area contributed by atoms with Crippen molar-refractivity contribution in [2.24, 2.45) is 5.41 Å². The Morgan fingerprint density at radius 2 is 1.90 bits per heavy atom. The van der Waals surface area contributed by atoms with Crippen molar-refractivity contribution in [2.45, 2.75) is 39.5 Å². The molecule has 0 saturated heterocycles. The molecule has 1 aromatic rings. The molecule has 0 aromatic heterocycles. The van der Waals surface area contributed by atoms with E-state index in [2.05, 4.69) is 63.4 Å². The summed E-state index contributed by atoms with van der Waals surface area (Å²) in [6, 6.07) is 8.46. The molecule has 110 valence electrons. The third-order valence-electron chi connectivity index (χ3n) is 4.66. The van der Waals surface area contributed by atoms with Crippen LogP contribution >= 0.6 is 0 Å². The van der Waals surface area contributed by atoms with E-state index in [0.717, 1.165) is 6.42 Å². The lowest BCUT2D eigenvalue weighted by atomic mass is 9.70. The minimum absolute atomic E-state index is 0.310. The fourth-order valence-electron chi connectivity index (χ4n) is 3.36. The molecule has 0 fully saturated rings. The van der Waals surface area contributed by atoms with E-state index in [0.29, 0.717) is 5.41 Å². The van der Waals surface area contributed by atoms with Gasteiger partial charge < -0.3 is 0 Å². The highest BCUT2D eigenvalue weighted by molar-refractivity contribution is 5.84. The number of allylic oxidation sites excluding steroid dienone is 5. The Bertz CT molecular complexity index is 586. The van der Waals surface area contributed by atoms with Crippen molar-refractivity contribution in [2.75, 3.05) is 0 Å². The average Bonchev–Trinajstić information content (AvgIpc) is 2.55. The van der Waals surface area contributed by atoms with E-state index in [1.165, 1.54) is 41.5 Å². The fraction of sp³-hybridized carbons (Fsp3) is 0.333. The first kappa shape index (κ1) is 15.6. The van der Waals surface area contributed by atoms with Crippen LogP contribution in [0.15, 0.2) is 61.2 Å². The van der Waals surface area contributed by atoms with Crippen LogP contribution in [0.3, 0.4) is 0 Å². The molecule has 0 N–H and O–H groups in total. The molecule has 1 aromatic carbocycles. The summed E-state index contributed by atoms with van der Waals surface area (Å²) < 4.78 is 0. The quantitative estimate of drug-likeness (QED) is 0.562. The Balaban J connectivity index is 2.47. The van der Waals surface area contributed by atoms with Crippen LogP contribution < -0.4 is 0 Å². The highest BCUT2D eigenvalue weighted by atomic mass is 14.3. The molecule has 1 unspecified atom stereocenters. The molecule has 0 aliphatic heterocycles. The summed E-state index contributed by atoms with van der Waals surface area (Å²) in [5, 5.41) is 0. The minimum atomic E-state index is 0.310. The van der Waals surface area contributed by atoms with Gasteiger partial charge in [0, 0.05) is 0 Å². The van der Waals surface area contributed by atoms with Crippen LogP contribution in [0.4, 0.5) is 0 Å². The van der Waals surface area contributed by atoms with Crippen molar-refractivity contribution in [3.8, 4) is 0 Å². The molecular weight excluding hydrogens is 252 g/mol. The largest absolute Gasteiger partial charge is 0.0988 e. The van der Waals surface area contributed by atoms with Crippen molar-refractivity contribution in [3.05, 3.63) is 72.4 Å². The minimum Gasteiger partial charge on any atom is -0.0988 e. The number of rotatable bonds is 6. The molecule has 1 aliphatic rings. The predicted molar refractivity (Wildman–Crippen MR) is 95.0 cm³/mol. The Morgan fingerprint density at radius 1 is 1.14 bits per heavy atom. The molecule has 0 amide bonds. The summed E-state index contributed by atoms with van der Waals surface area (Å²) in [6.07, 6.45) is 13.5. The Kier molecular flexibility index (Phi) is 5.01. The summed E-state index contributed by atoms with van der Waals surface area (Å²) >= 11 is 0. The summed E-state index contributed by atoms with van der Waals surface area (Å²) in [6.45, 7) is 12.6. The molecule has 1 aliphatic carbocycles. The van der Waals surface area contributed by atoms with Gasteiger partial charge >= 0.3 is 0 Å². The van der Waals surface area contributed by atoms with Crippen LogP contribution in [0.25, 0.3) is 11.6 Å². The number of hydrogen-bond acceptors (Lipinski definition) is 0. The van der Waals surface area contributed by atoms with Gasteiger partial charge in [-0.15, -0.1) is 0 Å². The zero-order chi connectivity index (χ0) is 15.3. The molecule has 0 nitrogen and oxygen atoms in total. The maximum absolute atomic E-state index is 4.06. The lowest BCUT2D eigenvalue weighted by molar-refractivity contribution is 0.330. The standard InChI is InChI=1S/C21H26/c1-5-14-21(8-4)15-13-20(18(7-3)16-21)19-12-10-9-11-17(19)6-2/h6-7,9-13,15H,2-3,5,8,14,16H2,1,4H3. The van der Waals surface area contributed by atoms with Crippen LogP contribution in [0, 0.1) is 5.41 Å². The molecule has 0 radical (unpaired) electrons. The van der Waals surface area contributed by atoms with E-state index in [4.69, 9.17) is 0 Å². The third kappa shape index (κ3) is 3.10. The van der Waals surface area contributed by atoms with Crippen molar-refractivity contribution >= 4 is 11.6 Å². The highest BCUT2D eigenvalue weighted by Crippen LogP contribution is 2.44. The van der Waals surface area contributed by atoms with E-state index >= 15 is 0 Å². The van der Waals surface area contributed by atoms with E-state index in [1.54, 1.807) is 0 Å². The van der Waals surface area contributed by atoms with Gasteiger partial charge in [0.1, 0.15) is 0 Å². The molecule has 21 heavy (non-hydrogen) atoms. The van der Waals surface area contributed by atoms with Crippen LogP contribution in [-0.2, 0) is 0 Å². The van der Waals surface area contributed by atoms with Crippen molar-refractivity contribution in [1.29, 1.82) is 0 Å². The van der Waals surface area contributed by atoms with E-state index in [9.17, 15) is 0 Å². The Morgan fingerprint density at radius 3 is 2.52 bits per heavy atom. The first-order valence-corrected chi connectivity index (χ1v) is 7.96. The molecule has 0 spiro atoms. The summed E-state index contributed by atoms with van der Waals surface area (Å²) in [5.41, 5.74) is 5.43. The smallest absolute Gasteiger partial charge is 0.00770 e. The van der Waals surface area contributed by atoms with Gasteiger partial charge in [0.15, 0.2) is 0 Å². The Labute approximate surface area is 129 Å². The lowest BCUT2D eigenvalue weighted by Gasteiger charge is -2.34. The van der Waals surface area contributed by atoms with Crippen molar-refractivity contribution < 1.29 is 0 Å². The topological polar surface area (TPSA) is 0 Å². The van der Waals surface area contributed by atoms with Crippen LogP contribution in [-0.4, -0.2) is 0 Å². The first-order valence-electron chi connectivity index (χ1n) is 7.96. The van der Waals surface area contributed by atoms with E-state index in [-0.39, 0.29) is 0 Å². The second-order valence-corrected chi connectivity index (χ2v) is 5.91. The summed E-state index contributed by atoms with van der Waals surface area (Å²) in [5.74, 6) is 0. The van der Waals surface area contributed by atoms with Crippen molar-refractivity contribution in [1.82, 2.24) is 0 Å². The van der Waals surface area contributed by atoms with Crippen molar-refractivity contribution in [3.63, 3.8) is 0 Å². The maximum atomic E-state index is 4.06. The number of hydrogen-bond donors (Lipinski definition) is 0. The van der Waals surface area contributed by atoms with Gasteiger partial charge in [-0.25, -0.2) is 0 Å². The normalized spacial score (nSPS) is 21.4. The molecule has 0 heteroatoms. The van der Waals surface area contributed by atoms with Gasteiger partial charge in [0.2, 0.25) is 0 Å². The average molecular weight is 278 g/mol. The monoisotopic (exact) mass is 278 g/mol. The fourth-order valence-corrected chi connectivity index (χ4v) is 3.36. The van der Waals surface area contributed by atoms with Crippen LogP contribution in [0.5, 0.6) is 0 Å². The zero-order valence-corrected chi connectivity index (χ0v) is 13.4. The van der Waals surface area contributed by atoms with Gasteiger partial charge in [-0.05, 0) is 47.0 Å². The zero-order valence-electron chi connectivity index (χ0n) is 13.4. The van der Waals surface area contributed by atoms with Gasteiger partial charge in [-0.3, -0.25) is 0 Å². The molecule has 0 bridgehead atoms. The summed E-state index contributed by atoms with van der Waals surface area (Å²) in [7, 11) is 0. The van der Waals surface area contributed by atoms with E-state index in [1.807, 2.05) is 12.2 Å². The van der Waals surface area contributed by atoms with E-state index < -0.39 is 0 Å². The second kappa shape index (κ2) is 6.76. The van der Waals surface area contributed by atoms with Gasteiger partial charge in [-0.1, -0.05) is 82.0 Å². The molecule has 0 heterocycles. The molecular formula is C21H26. The summed E-state index contributed by atoms with van der Waals surface area (Å²) in [4.78, 5) is 0. The van der Waals surface area contributed by atoms with Gasteiger partial charge in [-0.2, -0.15) is 0 Å². The highest BCUT2D eigenvalue weighted by Gasteiger charge is 2.29. The SMILES string of the molecule is C=CC1=C(c2ccccc2C=C)C=CC(CC)(CCC)C1. The number of benzene rings is 1. The first-order chi connectivity index (χ1) is 10.2. The van der Waals surface area contributed by atoms with Gasteiger partial charge in [0.05, 0.1) is 0 Å². The second-order valence-electron chi connectivity index (χ2n) is 5.91. The molecule has 0 saturated carbocycles. The lowest BCUT2D eigenvalue weighted by Crippen LogP contribution is -2.20. The predicted octanol–water partition coefficient (Wildman–Crippen LogP) is 6.43. The van der Waals surface area contributed by atoms with Gasteiger partial charge in [0.25, 0.3) is 0 Å².